The number of amides is 1. The van der Waals surface area contributed by atoms with Gasteiger partial charge in [-0.25, -0.2) is 0 Å². The minimum Gasteiger partial charge on any atom is -0.355 e. The van der Waals surface area contributed by atoms with E-state index in [1.54, 1.807) is 0 Å². The van der Waals surface area contributed by atoms with Gasteiger partial charge in [0.25, 0.3) is 0 Å². The van der Waals surface area contributed by atoms with E-state index >= 15 is 0 Å². The highest BCUT2D eigenvalue weighted by atomic mass is 35.5. The summed E-state index contributed by atoms with van der Waals surface area (Å²) < 4.78 is 0. The molecular weight excluding hydrogens is 334 g/mol. The van der Waals surface area contributed by atoms with Crippen molar-refractivity contribution in [2.75, 3.05) is 19.6 Å². The smallest absolute Gasteiger partial charge is 0.234 e. The molecule has 1 unspecified atom stereocenters. The van der Waals surface area contributed by atoms with Crippen LogP contribution in [0, 0.1) is 0 Å². The largest absolute Gasteiger partial charge is 0.355 e. The number of carbonyl (C=O) groups excluding carboxylic acids is 1. The average Bonchev–Trinajstić information content (AvgIpc) is 2.63. The van der Waals surface area contributed by atoms with Gasteiger partial charge >= 0.3 is 0 Å². The molecule has 1 atom stereocenters. The van der Waals surface area contributed by atoms with Crippen molar-refractivity contribution in [3.8, 4) is 0 Å². The maximum atomic E-state index is 12.3. The third kappa shape index (κ3) is 5.28. The molecule has 1 N–H and O–H groups in total. The summed E-state index contributed by atoms with van der Waals surface area (Å²) in [6.07, 6.45) is 6.00. The summed E-state index contributed by atoms with van der Waals surface area (Å²) in [6, 6.07) is 14.0. The minimum absolute atomic E-state index is 0.0739. The van der Waals surface area contributed by atoms with E-state index in [0.29, 0.717) is 13.1 Å². The van der Waals surface area contributed by atoms with Crippen LogP contribution in [0.3, 0.4) is 0 Å². The van der Waals surface area contributed by atoms with E-state index in [4.69, 9.17) is 11.6 Å². The Balaban J connectivity index is 1.50. The second kappa shape index (κ2) is 8.97. The quantitative estimate of drug-likeness (QED) is 0.858. The maximum absolute atomic E-state index is 12.3. The monoisotopic (exact) mass is 357 g/mol. The lowest BCUT2D eigenvalue weighted by Crippen LogP contribution is -2.42. The summed E-state index contributed by atoms with van der Waals surface area (Å²) in [6.45, 7) is 2.00. The lowest BCUT2D eigenvalue weighted by atomic mass is 9.99. The van der Waals surface area contributed by atoms with Gasteiger partial charge in [0.15, 0.2) is 0 Å². The second-order valence-electron chi connectivity index (χ2n) is 6.47. The number of aromatic nitrogens is 1. The Morgan fingerprint density at radius 2 is 2.16 bits per heavy atom. The van der Waals surface area contributed by atoms with Crippen molar-refractivity contribution in [2.24, 2.45) is 0 Å². The molecule has 0 aliphatic carbocycles. The molecule has 25 heavy (non-hydrogen) atoms. The molecule has 1 aliphatic rings. The normalized spacial score (nSPS) is 18.0. The summed E-state index contributed by atoms with van der Waals surface area (Å²) in [5, 5.41) is 3.76. The molecule has 1 saturated heterocycles. The highest BCUT2D eigenvalue weighted by Gasteiger charge is 2.26. The van der Waals surface area contributed by atoms with Crippen molar-refractivity contribution in [1.29, 1.82) is 0 Å². The van der Waals surface area contributed by atoms with Gasteiger partial charge in [0, 0.05) is 17.8 Å². The van der Waals surface area contributed by atoms with Crippen molar-refractivity contribution >= 4 is 17.5 Å². The van der Waals surface area contributed by atoms with E-state index in [-0.39, 0.29) is 11.9 Å². The third-order valence-corrected chi connectivity index (χ3v) is 4.85. The molecule has 0 spiro atoms. The Morgan fingerprint density at radius 1 is 1.24 bits per heavy atom. The Morgan fingerprint density at radius 3 is 2.96 bits per heavy atom. The number of halogens is 1. The van der Waals surface area contributed by atoms with Crippen LogP contribution in [-0.2, 0) is 11.2 Å². The second-order valence-corrected chi connectivity index (χ2v) is 6.90. The predicted molar refractivity (Wildman–Crippen MR) is 101 cm³/mol. The van der Waals surface area contributed by atoms with Crippen LogP contribution >= 0.6 is 11.6 Å². The highest BCUT2D eigenvalue weighted by molar-refractivity contribution is 6.30. The number of hydrogen-bond acceptors (Lipinski definition) is 3. The molecule has 4 nitrogen and oxygen atoms in total. The number of pyridine rings is 1. The summed E-state index contributed by atoms with van der Waals surface area (Å²) in [7, 11) is 0. The number of carbonyl (C=O) groups is 1. The van der Waals surface area contributed by atoms with Crippen molar-refractivity contribution in [1.82, 2.24) is 15.2 Å². The van der Waals surface area contributed by atoms with Crippen molar-refractivity contribution in [2.45, 2.75) is 31.7 Å². The van der Waals surface area contributed by atoms with Crippen molar-refractivity contribution < 1.29 is 4.79 Å². The van der Waals surface area contributed by atoms with Gasteiger partial charge in [0.2, 0.25) is 5.91 Å². The van der Waals surface area contributed by atoms with Gasteiger partial charge in [0.1, 0.15) is 0 Å². The first-order valence-electron chi connectivity index (χ1n) is 8.88. The zero-order chi connectivity index (χ0) is 17.5. The molecule has 1 aliphatic heterocycles. The zero-order valence-electron chi connectivity index (χ0n) is 14.3. The number of likely N-dealkylation sites (tertiary alicyclic amines) is 1. The first-order valence-corrected chi connectivity index (χ1v) is 9.26. The molecule has 5 heteroatoms. The fraction of sp³-hybridized carbons (Fsp3) is 0.400. The van der Waals surface area contributed by atoms with Crippen LogP contribution in [-0.4, -0.2) is 35.4 Å². The number of piperidine rings is 1. The van der Waals surface area contributed by atoms with Crippen LogP contribution in [0.2, 0.25) is 5.02 Å². The molecule has 0 bridgehead atoms. The number of hydrogen-bond donors (Lipinski definition) is 1. The number of nitrogens with zero attached hydrogens (tertiary/aromatic N) is 2. The molecule has 1 aromatic heterocycles. The van der Waals surface area contributed by atoms with E-state index in [2.05, 4.69) is 21.3 Å². The summed E-state index contributed by atoms with van der Waals surface area (Å²) in [5.74, 6) is 0.0739. The Bertz CT molecular complexity index is 692. The average molecular weight is 358 g/mol. The first-order chi connectivity index (χ1) is 12.2. The molecule has 0 radical (unpaired) electrons. The highest BCUT2D eigenvalue weighted by Crippen LogP contribution is 2.29. The van der Waals surface area contributed by atoms with Gasteiger partial charge in [-0.1, -0.05) is 36.2 Å². The third-order valence-electron chi connectivity index (χ3n) is 4.61. The fourth-order valence-corrected chi connectivity index (χ4v) is 3.58. The van der Waals surface area contributed by atoms with Crippen molar-refractivity contribution in [3.63, 3.8) is 0 Å². The van der Waals surface area contributed by atoms with E-state index < -0.39 is 0 Å². The summed E-state index contributed by atoms with van der Waals surface area (Å²) >= 11 is 5.99. The van der Waals surface area contributed by atoms with E-state index in [1.807, 2.05) is 42.6 Å². The molecule has 2 aromatic rings. The van der Waals surface area contributed by atoms with Gasteiger partial charge in [-0.05, 0) is 55.6 Å². The Labute approximate surface area is 154 Å². The summed E-state index contributed by atoms with van der Waals surface area (Å²) in [5.41, 5.74) is 2.20. The summed E-state index contributed by atoms with van der Waals surface area (Å²) in [4.78, 5) is 19.1. The van der Waals surface area contributed by atoms with Crippen LogP contribution in [0.15, 0.2) is 48.7 Å². The predicted octanol–water partition coefficient (Wildman–Crippen LogP) is 3.62. The van der Waals surface area contributed by atoms with Crippen LogP contribution < -0.4 is 5.32 Å². The van der Waals surface area contributed by atoms with Gasteiger partial charge in [-0.3, -0.25) is 14.7 Å². The van der Waals surface area contributed by atoms with Crippen LogP contribution in [0.25, 0.3) is 0 Å². The van der Waals surface area contributed by atoms with Crippen molar-refractivity contribution in [3.05, 3.63) is 64.9 Å². The Kier molecular flexibility index (Phi) is 6.42. The first kappa shape index (κ1) is 17.9. The molecule has 0 saturated carbocycles. The molecule has 1 amide bonds. The number of benzene rings is 1. The minimum atomic E-state index is 0.0739. The standard InChI is InChI=1S/C20H24ClN3O/c21-17-7-5-6-16(14-17)10-12-23-20(25)15-24-13-4-2-9-19(24)18-8-1-3-11-22-18/h1,3,5-8,11,14,19H,2,4,9-10,12-13,15H2,(H,23,25). The number of nitrogens with one attached hydrogen (secondary N) is 1. The molecule has 1 fully saturated rings. The van der Waals surface area contributed by atoms with Crippen LogP contribution in [0.5, 0.6) is 0 Å². The van der Waals surface area contributed by atoms with Gasteiger partial charge < -0.3 is 5.32 Å². The maximum Gasteiger partial charge on any atom is 0.234 e. The fourth-order valence-electron chi connectivity index (χ4n) is 3.37. The van der Waals surface area contributed by atoms with Crippen LogP contribution in [0.1, 0.15) is 36.6 Å². The van der Waals surface area contributed by atoms with Gasteiger partial charge in [-0.2, -0.15) is 0 Å². The topological polar surface area (TPSA) is 45.2 Å². The molecule has 132 valence electrons. The molecule has 3 rings (SSSR count). The van der Waals surface area contributed by atoms with Crippen LogP contribution in [0.4, 0.5) is 0 Å². The Hall–Kier alpha value is -1.91. The zero-order valence-corrected chi connectivity index (χ0v) is 15.1. The number of rotatable bonds is 6. The lowest BCUT2D eigenvalue weighted by molar-refractivity contribution is -0.123. The van der Waals surface area contributed by atoms with E-state index in [0.717, 1.165) is 42.1 Å². The lowest BCUT2D eigenvalue weighted by Gasteiger charge is -2.34. The van der Waals surface area contributed by atoms with E-state index in [1.165, 1.54) is 6.42 Å². The van der Waals surface area contributed by atoms with E-state index in [9.17, 15) is 4.79 Å². The van der Waals surface area contributed by atoms with Gasteiger partial charge in [0.05, 0.1) is 18.3 Å². The SMILES string of the molecule is O=C(CN1CCCCC1c1ccccn1)NCCc1cccc(Cl)c1. The molecule has 1 aromatic carbocycles. The molecular formula is C20H24ClN3O. The van der Waals surface area contributed by atoms with Gasteiger partial charge in [-0.15, -0.1) is 0 Å². The molecule has 2 heterocycles.